The van der Waals surface area contributed by atoms with Gasteiger partial charge >= 0.3 is 5.97 Å². The van der Waals surface area contributed by atoms with Crippen LogP contribution in [0.5, 0.6) is 0 Å². The van der Waals surface area contributed by atoms with Crippen molar-refractivity contribution in [3.63, 3.8) is 0 Å². The first kappa shape index (κ1) is 25.8. The van der Waals surface area contributed by atoms with Crippen molar-refractivity contribution in [2.75, 3.05) is 26.2 Å². The summed E-state index contributed by atoms with van der Waals surface area (Å²) in [6.07, 6.45) is 0. The minimum absolute atomic E-state index is 0.0159. The molecule has 0 spiro atoms. The van der Waals surface area contributed by atoms with Gasteiger partial charge in [-0.1, -0.05) is 27.7 Å². The Labute approximate surface area is 197 Å². The summed E-state index contributed by atoms with van der Waals surface area (Å²) in [5.41, 5.74) is -1.20. The molecule has 0 bridgehead atoms. The van der Waals surface area contributed by atoms with Crippen molar-refractivity contribution < 1.29 is 31.2 Å². The fourth-order valence-electron chi connectivity index (χ4n) is 3.79. The molecule has 0 radical (unpaired) electrons. The molecule has 0 saturated heterocycles. The van der Waals surface area contributed by atoms with Gasteiger partial charge in [0.2, 0.25) is 25.5 Å². The van der Waals surface area contributed by atoms with Crippen LogP contribution in [0.1, 0.15) is 38.1 Å². The Morgan fingerprint density at radius 1 is 0.853 bits per heavy atom. The minimum atomic E-state index is -4.23. The Hall–Kier alpha value is -2.80. The third-order valence-corrected chi connectivity index (χ3v) is 9.71. The van der Waals surface area contributed by atoms with Crippen molar-refractivity contribution in [2.45, 2.75) is 37.5 Å². The van der Waals surface area contributed by atoms with Crippen molar-refractivity contribution in [1.29, 1.82) is 0 Å². The second kappa shape index (κ2) is 9.45. The van der Waals surface area contributed by atoms with E-state index in [1.807, 2.05) is 0 Å². The van der Waals surface area contributed by atoms with Gasteiger partial charge in [-0.3, -0.25) is 4.79 Å². The van der Waals surface area contributed by atoms with Crippen molar-refractivity contribution in [2.24, 2.45) is 0 Å². The quantitative estimate of drug-likeness (QED) is 0.433. The lowest BCUT2D eigenvalue weighted by Crippen LogP contribution is -2.32. The lowest BCUT2D eigenvalue weighted by Gasteiger charge is -2.22. The zero-order valence-electron chi connectivity index (χ0n) is 19.2. The zero-order valence-corrected chi connectivity index (χ0v) is 20.9. The lowest BCUT2D eigenvalue weighted by molar-refractivity contribution is 0.0697. The number of nitrogens with zero attached hydrogens (tertiary/aromatic N) is 2. The number of carboxylic acid groups (broad SMARTS) is 1. The molecule has 0 fully saturated rings. The summed E-state index contributed by atoms with van der Waals surface area (Å²) in [6.45, 7) is 7.08. The monoisotopic (exact) mass is 510 g/mol. The molecule has 184 valence electrons. The number of hydrogen-bond acceptors (Lipinski definition) is 7. The van der Waals surface area contributed by atoms with Crippen LogP contribution in [0.15, 0.2) is 49.3 Å². The molecule has 3 rings (SSSR count). The van der Waals surface area contributed by atoms with Crippen molar-refractivity contribution in [3.05, 3.63) is 46.1 Å². The number of carboxylic acids is 1. The Bertz CT molecular complexity index is 1530. The summed E-state index contributed by atoms with van der Waals surface area (Å²) in [6, 6.07) is 5.73. The van der Waals surface area contributed by atoms with E-state index in [2.05, 4.69) is 0 Å². The first-order valence-electron chi connectivity index (χ1n) is 10.7. The average molecular weight is 511 g/mol. The summed E-state index contributed by atoms with van der Waals surface area (Å²) >= 11 is 0. The van der Waals surface area contributed by atoms with Crippen molar-refractivity contribution >= 4 is 48.0 Å². The normalized spacial score (nSPS) is 12.8. The molecular formula is C22H26N2O8S2. The molecule has 0 amide bonds. The number of fused-ring (bicyclic) bond motifs is 2. The maximum atomic E-state index is 13.5. The van der Waals surface area contributed by atoms with Crippen LogP contribution in [0, 0.1) is 0 Å². The lowest BCUT2D eigenvalue weighted by atomic mass is 10.1. The minimum Gasteiger partial charge on any atom is -0.478 e. The molecule has 0 unspecified atom stereocenters. The predicted octanol–water partition coefficient (Wildman–Crippen LogP) is 2.71. The molecule has 1 aromatic heterocycles. The Morgan fingerprint density at radius 3 is 1.94 bits per heavy atom. The smallest absolute Gasteiger partial charge is 0.335 e. The highest BCUT2D eigenvalue weighted by Crippen LogP contribution is 2.31. The van der Waals surface area contributed by atoms with E-state index in [1.54, 1.807) is 27.7 Å². The first-order valence-corrected chi connectivity index (χ1v) is 13.6. The van der Waals surface area contributed by atoms with Gasteiger partial charge in [-0.25, -0.2) is 21.6 Å². The van der Waals surface area contributed by atoms with Gasteiger partial charge in [0.25, 0.3) is 0 Å². The van der Waals surface area contributed by atoms with Crippen molar-refractivity contribution in [1.82, 2.24) is 8.61 Å². The number of benzene rings is 2. The second-order valence-corrected chi connectivity index (χ2v) is 11.3. The second-order valence-electron chi connectivity index (χ2n) is 7.42. The molecule has 0 aliphatic heterocycles. The molecule has 34 heavy (non-hydrogen) atoms. The van der Waals surface area contributed by atoms with Crippen LogP contribution in [0.3, 0.4) is 0 Å². The van der Waals surface area contributed by atoms with Crippen LogP contribution >= 0.6 is 0 Å². The molecule has 1 N–H and O–H groups in total. The van der Waals surface area contributed by atoms with Gasteiger partial charge in [0.05, 0.1) is 21.2 Å². The van der Waals surface area contributed by atoms with Gasteiger partial charge in [-0.15, -0.1) is 0 Å². The van der Waals surface area contributed by atoms with Gasteiger partial charge in [0.15, 0.2) is 5.58 Å². The number of hydrogen-bond donors (Lipinski definition) is 1. The average Bonchev–Trinajstić information content (AvgIpc) is 2.79. The maximum Gasteiger partial charge on any atom is 0.335 e. The molecule has 0 atom stereocenters. The van der Waals surface area contributed by atoms with Crippen LogP contribution in [0.2, 0.25) is 0 Å². The molecule has 10 nitrogen and oxygen atoms in total. The first-order chi connectivity index (χ1) is 15.9. The van der Waals surface area contributed by atoms with Crippen LogP contribution in [0.4, 0.5) is 0 Å². The molecule has 1 heterocycles. The molecule has 3 aromatic rings. The number of sulfonamides is 2. The zero-order chi connectivity index (χ0) is 25.4. The molecule has 0 saturated carbocycles. The standard InChI is InChI=1S/C22H26N2O8S2/c1-5-23(6-2)33(28,29)15-12-17-20(25)16-11-14(22(26)27)9-10-18(16)32-21(17)19(13-15)34(30,31)24(7-3)8-4/h9-13H,5-8H2,1-4H3,(H,26,27). The van der Waals surface area contributed by atoms with Crippen LogP contribution in [-0.2, 0) is 20.0 Å². The van der Waals surface area contributed by atoms with Crippen LogP contribution in [0.25, 0.3) is 21.9 Å². The van der Waals surface area contributed by atoms with E-state index in [-0.39, 0.29) is 58.6 Å². The van der Waals surface area contributed by atoms with Crippen molar-refractivity contribution in [3.8, 4) is 0 Å². The maximum absolute atomic E-state index is 13.5. The highest BCUT2D eigenvalue weighted by molar-refractivity contribution is 7.90. The van der Waals surface area contributed by atoms with E-state index in [4.69, 9.17) is 4.42 Å². The highest BCUT2D eigenvalue weighted by Gasteiger charge is 2.31. The van der Waals surface area contributed by atoms with Gasteiger partial charge in [0.1, 0.15) is 10.5 Å². The Morgan fingerprint density at radius 2 is 1.41 bits per heavy atom. The molecule has 12 heteroatoms. The van der Waals surface area contributed by atoms with Gasteiger partial charge in [-0.05, 0) is 30.3 Å². The van der Waals surface area contributed by atoms with Gasteiger partial charge in [0, 0.05) is 26.2 Å². The summed E-state index contributed by atoms with van der Waals surface area (Å²) in [7, 11) is -8.36. The predicted molar refractivity (Wildman–Crippen MR) is 127 cm³/mol. The molecule has 0 aliphatic carbocycles. The number of aromatic carboxylic acids is 1. The molecule has 2 aromatic carbocycles. The van der Waals surface area contributed by atoms with Gasteiger partial charge in [-0.2, -0.15) is 8.61 Å². The summed E-state index contributed by atoms with van der Waals surface area (Å²) in [5, 5.41) is 8.91. The van der Waals surface area contributed by atoms with E-state index in [0.717, 1.165) is 26.8 Å². The molecule has 0 aliphatic rings. The third kappa shape index (κ3) is 4.22. The largest absolute Gasteiger partial charge is 0.478 e. The van der Waals surface area contributed by atoms with E-state index in [1.165, 1.54) is 12.1 Å². The number of rotatable bonds is 9. The Kier molecular flexibility index (Phi) is 7.18. The highest BCUT2D eigenvalue weighted by atomic mass is 32.2. The summed E-state index contributed by atoms with van der Waals surface area (Å²) in [4.78, 5) is 23.9. The summed E-state index contributed by atoms with van der Waals surface area (Å²) < 4.78 is 61.5. The topological polar surface area (TPSA) is 142 Å². The fourth-order valence-corrected chi connectivity index (χ4v) is 7.00. The van der Waals surface area contributed by atoms with Gasteiger partial charge < -0.3 is 9.52 Å². The van der Waals surface area contributed by atoms with E-state index in [0.29, 0.717) is 0 Å². The summed E-state index contributed by atoms with van der Waals surface area (Å²) in [5.74, 6) is -1.26. The molecular weight excluding hydrogens is 484 g/mol. The SMILES string of the molecule is CCN(CC)S(=O)(=O)c1cc(S(=O)(=O)N(CC)CC)c2oc3ccc(C(=O)O)cc3c(=O)c2c1. The van der Waals surface area contributed by atoms with E-state index in [9.17, 15) is 31.5 Å². The fraction of sp³-hybridized carbons (Fsp3) is 0.364. The van der Waals surface area contributed by atoms with Crippen LogP contribution in [-0.4, -0.2) is 62.7 Å². The number of carbonyl (C=O) groups is 1. The van der Waals surface area contributed by atoms with E-state index >= 15 is 0 Å². The van der Waals surface area contributed by atoms with Crippen LogP contribution < -0.4 is 5.43 Å². The third-order valence-electron chi connectivity index (χ3n) is 5.62. The Balaban J connectivity index is 2.54. The van der Waals surface area contributed by atoms with E-state index < -0.39 is 36.3 Å².